The Labute approximate surface area is 115 Å². The van der Waals surface area contributed by atoms with Gasteiger partial charge < -0.3 is 10.1 Å². The second-order valence-corrected chi connectivity index (χ2v) is 4.14. The van der Waals surface area contributed by atoms with E-state index in [1.807, 2.05) is 6.07 Å². The topological polar surface area (TPSA) is 90.2 Å². The van der Waals surface area contributed by atoms with Gasteiger partial charge in [0.1, 0.15) is 0 Å². The van der Waals surface area contributed by atoms with Crippen LogP contribution in [0.2, 0.25) is 0 Å². The average Bonchev–Trinajstić information content (AvgIpc) is 2.45. The van der Waals surface area contributed by atoms with E-state index in [0.717, 1.165) is 5.56 Å². The molecule has 7 heteroatoms. The Morgan fingerprint density at radius 2 is 2.15 bits per heavy atom. The van der Waals surface area contributed by atoms with Gasteiger partial charge in [-0.05, 0) is 18.6 Å². The fourth-order valence-corrected chi connectivity index (χ4v) is 1.73. The van der Waals surface area contributed by atoms with Crippen LogP contribution in [0.5, 0.6) is 5.88 Å². The number of nitro groups is 1. The van der Waals surface area contributed by atoms with Gasteiger partial charge in [0.25, 0.3) is 0 Å². The molecule has 0 bridgehead atoms. The van der Waals surface area contributed by atoms with Crippen LogP contribution in [0.3, 0.4) is 0 Å². The number of aromatic nitrogens is 2. The minimum Gasteiger partial charge on any atom is -0.481 e. The van der Waals surface area contributed by atoms with Crippen molar-refractivity contribution in [3.05, 3.63) is 51.8 Å². The van der Waals surface area contributed by atoms with Gasteiger partial charge >= 0.3 is 5.69 Å². The molecule has 0 radical (unpaired) electrons. The summed E-state index contributed by atoms with van der Waals surface area (Å²) in [6.45, 7) is 2.08. The van der Waals surface area contributed by atoms with Gasteiger partial charge in [-0.1, -0.05) is 6.07 Å². The number of ether oxygens (including phenoxy) is 1. The summed E-state index contributed by atoms with van der Waals surface area (Å²) in [4.78, 5) is 18.7. The predicted molar refractivity (Wildman–Crippen MR) is 73.7 cm³/mol. The number of methoxy groups -OCH3 is 1. The van der Waals surface area contributed by atoms with Crippen molar-refractivity contribution in [2.24, 2.45) is 0 Å². The molecule has 0 saturated carbocycles. The summed E-state index contributed by atoms with van der Waals surface area (Å²) >= 11 is 0. The van der Waals surface area contributed by atoms with Crippen LogP contribution < -0.4 is 10.1 Å². The Kier molecular flexibility index (Phi) is 4.09. The highest BCUT2D eigenvalue weighted by Crippen LogP contribution is 2.25. The molecule has 20 heavy (non-hydrogen) atoms. The largest absolute Gasteiger partial charge is 0.481 e. The molecular formula is C13H14N4O3. The van der Waals surface area contributed by atoms with E-state index >= 15 is 0 Å². The van der Waals surface area contributed by atoms with Gasteiger partial charge in [-0.25, -0.2) is 9.97 Å². The van der Waals surface area contributed by atoms with Crippen molar-refractivity contribution in [3.8, 4) is 5.88 Å². The quantitative estimate of drug-likeness (QED) is 0.664. The third kappa shape index (κ3) is 3.00. The molecule has 0 spiro atoms. The van der Waals surface area contributed by atoms with Crippen molar-refractivity contribution in [3.63, 3.8) is 0 Å². The van der Waals surface area contributed by atoms with Crippen LogP contribution in [0.4, 0.5) is 11.5 Å². The first kappa shape index (κ1) is 13.7. The summed E-state index contributed by atoms with van der Waals surface area (Å²) in [7, 11) is 1.54. The van der Waals surface area contributed by atoms with Crippen LogP contribution in [0.25, 0.3) is 0 Å². The molecule has 0 aliphatic rings. The minimum atomic E-state index is -0.434. The molecule has 7 nitrogen and oxygen atoms in total. The maximum atomic E-state index is 11.0. The van der Waals surface area contributed by atoms with Crippen LogP contribution in [0, 0.1) is 17.0 Å². The molecule has 2 rings (SSSR count). The number of pyridine rings is 2. The van der Waals surface area contributed by atoms with Gasteiger partial charge in [0.2, 0.25) is 11.7 Å². The lowest BCUT2D eigenvalue weighted by atomic mass is 10.2. The number of hydrogen-bond donors (Lipinski definition) is 1. The molecular weight excluding hydrogens is 260 g/mol. The Morgan fingerprint density at radius 1 is 1.35 bits per heavy atom. The monoisotopic (exact) mass is 274 g/mol. The van der Waals surface area contributed by atoms with Gasteiger partial charge in [-0.3, -0.25) is 10.1 Å². The van der Waals surface area contributed by atoms with Crippen molar-refractivity contribution in [1.29, 1.82) is 0 Å². The van der Waals surface area contributed by atoms with E-state index in [2.05, 4.69) is 15.3 Å². The molecule has 0 unspecified atom stereocenters. The van der Waals surface area contributed by atoms with Crippen molar-refractivity contribution in [2.75, 3.05) is 12.4 Å². The highest BCUT2D eigenvalue weighted by atomic mass is 16.6. The van der Waals surface area contributed by atoms with Crippen molar-refractivity contribution < 1.29 is 9.66 Å². The van der Waals surface area contributed by atoms with Crippen molar-refractivity contribution >= 4 is 11.5 Å². The fourth-order valence-electron chi connectivity index (χ4n) is 1.73. The molecule has 0 aromatic carbocycles. The molecule has 1 N–H and O–H groups in total. The standard InChI is InChI=1S/C13H14N4O3/c1-9-5-6-14-13(12(9)17(18)19)16-8-10-3-4-11(20-2)15-7-10/h3-7H,8H2,1-2H3,(H,14,16). The number of aryl methyl sites for hydroxylation is 1. The van der Waals surface area contributed by atoms with E-state index in [-0.39, 0.29) is 11.5 Å². The van der Waals surface area contributed by atoms with Gasteiger partial charge in [-0.2, -0.15) is 0 Å². The summed E-state index contributed by atoms with van der Waals surface area (Å²) in [6.07, 6.45) is 3.18. The minimum absolute atomic E-state index is 0.00558. The van der Waals surface area contributed by atoms with Gasteiger partial charge in [0, 0.05) is 30.6 Å². The fraction of sp³-hybridized carbons (Fsp3) is 0.231. The molecule has 0 saturated heterocycles. The summed E-state index contributed by atoms with van der Waals surface area (Å²) in [5.74, 6) is 0.777. The van der Waals surface area contributed by atoms with Gasteiger partial charge in [0.15, 0.2) is 0 Å². The maximum Gasteiger partial charge on any atom is 0.314 e. The average molecular weight is 274 g/mol. The molecule has 0 amide bonds. The highest BCUT2D eigenvalue weighted by molar-refractivity contribution is 5.59. The van der Waals surface area contributed by atoms with Crippen molar-refractivity contribution in [1.82, 2.24) is 9.97 Å². The van der Waals surface area contributed by atoms with E-state index in [4.69, 9.17) is 4.74 Å². The third-order valence-electron chi connectivity index (χ3n) is 2.78. The van der Waals surface area contributed by atoms with Crippen LogP contribution in [-0.2, 0) is 6.54 Å². The Balaban J connectivity index is 2.14. The Hall–Kier alpha value is -2.70. The smallest absolute Gasteiger partial charge is 0.314 e. The highest BCUT2D eigenvalue weighted by Gasteiger charge is 2.17. The maximum absolute atomic E-state index is 11.0. The second kappa shape index (κ2) is 5.96. The zero-order valence-electron chi connectivity index (χ0n) is 11.2. The Morgan fingerprint density at radius 3 is 2.75 bits per heavy atom. The first-order valence-electron chi connectivity index (χ1n) is 5.94. The van der Waals surface area contributed by atoms with Gasteiger partial charge in [0.05, 0.1) is 12.0 Å². The zero-order chi connectivity index (χ0) is 14.5. The molecule has 0 aliphatic heterocycles. The zero-order valence-corrected chi connectivity index (χ0v) is 11.2. The summed E-state index contributed by atoms with van der Waals surface area (Å²) in [5.41, 5.74) is 1.44. The van der Waals surface area contributed by atoms with E-state index < -0.39 is 4.92 Å². The molecule has 2 heterocycles. The SMILES string of the molecule is COc1ccc(CNc2nccc(C)c2[N+](=O)[O-])cn1. The summed E-state index contributed by atoms with van der Waals surface area (Å²) < 4.78 is 4.97. The van der Waals surface area contributed by atoms with Crippen molar-refractivity contribution in [2.45, 2.75) is 13.5 Å². The Bertz CT molecular complexity index is 614. The van der Waals surface area contributed by atoms with Crippen LogP contribution in [-0.4, -0.2) is 22.0 Å². The van der Waals surface area contributed by atoms with Crippen LogP contribution in [0.1, 0.15) is 11.1 Å². The summed E-state index contributed by atoms with van der Waals surface area (Å²) in [5, 5.41) is 14.0. The number of nitrogens with zero attached hydrogens (tertiary/aromatic N) is 3. The molecule has 2 aromatic heterocycles. The molecule has 0 atom stereocenters. The number of anilines is 1. The number of hydrogen-bond acceptors (Lipinski definition) is 6. The van der Waals surface area contributed by atoms with E-state index in [1.165, 1.54) is 6.20 Å². The number of nitrogens with one attached hydrogen (secondary N) is 1. The lowest BCUT2D eigenvalue weighted by Gasteiger charge is -2.07. The normalized spacial score (nSPS) is 10.1. The number of rotatable bonds is 5. The van der Waals surface area contributed by atoms with E-state index in [1.54, 1.807) is 32.4 Å². The summed E-state index contributed by atoms with van der Waals surface area (Å²) in [6, 6.07) is 5.17. The van der Waals surface area contributed by atoms with Gasteiger partial charge in [-0.15, -0.1) is 0 Å². The van der Waals surface area contributed by atoms with E-state index in [0.29, 0.717) is 18.0 Å². The lowest BCUT2D eigenvalue weighted by Crippen LogP contribution is -2.06. The first-order chi connectivity index (χ1) is 9.61. The van der Waals surface area contributed by atoms with Crippen LogP contribution >= 0.6 is 0 Å². The first-order valence-corrected chi connectivity index (χ1v) is 5.94. The molecule has 0 aliphatic carbocycles. The lowest BCUT2D eigenvalue weighted by molar-refractivity contribution is -0.384. The molecule has 0 fully saturated rings. The molecule has 104 valence electrons. The van der Waals surface area contributed by atoms with Crippen LogP contribution in [0.15, 0.2) is 30.6 Å². The third-order valence-corrected chi connectivity index (χ3v) is 2.78. The van der Waals surface area contributed by atoms with E-state index in [9.17, 15) is 10.1 Å². The predicted octanol–water partition coefficient (Wildman–Crippen LogP) is 2.31. The second-order valence-electron chi connectivity index (χ2n) is 4.14. The molecule has 2 aromatic rings.